The molecule has 5 nitrogen and oxygen atoms in total. The number of aryl methyl sites for hydroxylation is 1. The lowest BCUT2D eigenvalue weighted by atomic mass is 9.84. The van der Waals surface area contributed by atoms with Crippen LogP contribution < -0.4 is 5.32 Å². The van der Waals surface area contributed by atoms with E-state index in [1.54, 1.807) is 22.6 Å². The Kier molecular flexibility index (Phi) is 7.14. The van der Waals surface area contributed by atoms with Crippen LogP contribution in [-0.4, -0.2) is 32.7 Å². The third-order valence-electron chi connectivity index (χ3n) is 5.54. The second-order valence-electron chi connectivity index (χ2n) is 7.44. The first kappa shape index (κ1) is 20.6. The quantitative estimate of drug-likeness (QED) is 0.339. The summed E-state index contributed by atoms with van der Waals surface area (Å²) in [6.07, 6.45) is 7.46. The summed E-state index contributed by atoms with van der Waals surface area (Å²) < 4.78 is -0.139. The highest BCUT2D eigenvalue weighted by Gasteiger charge is 2.44. The number of hydrogen-bond donors (Lipinski definition) is 1. The number of hydrogen-bond acceptors (Lipinski definition) is 3. The van der Waals surface area contributed by atoms with Crippen LogP contribution in [0.2, 0.25) is 5.02 Å². The molecule has 1 saturated carbocycles. The molecular weight excluding hydrogens is 479 g/mol. The van der Waals surface area contributed by atoms with Gasteiger partial charge in [0, 0.05) is 27.6 Å². The van der Waals surface area contributed by atoms with Gasteiger partial charge in [-0.25, -0.2) is 4.79 Å². The van der Waals surface area contributed by atoms with Crippen molar-refractivity contribution in [1.29, 1.82) is 0 Å². The summed E-state index contributed by atoms with van der Waals surface area (Å²) in [6.45, 7) is 0. The molecular formula is C20H24ClIN2O3. The van der Waals surface area contributed by atoms with Gasteiger partial charge in [-0.15, -0.1) is 0 Å². The summed E-state index contributed by atoms with van der Waals surface area (Å²) in [7, 11) is 0. The van der Waals surface area contributed by atoms with Gasteiger partial charge in [-0.3, -0.25) is 14.5 Å². The molecule has 0 spiro atoms. The molecule has 1 saturated heterocycles. The van der Waals surface area contributed by atoms with Crippen molar-refractivity contribution in [2.45, 2.75) is 63.5 Å². The van der Waals surface area contributed by atoms with Crippen LogP contribution in [0.15, 0.2) is 24.3 Å². The number of urea groups is 1. The minimum atomic E-state index is -0.651. The number of benzene rings is 1. The van der Waals surface area contributed by atoms with E-state index in [0.29, 0.717) is 30.2 Å². The molecule has 1 unspecified atom stereocenters. The van der Waals surface area contributed by atoms with Crippen LogP contribution in [0.1, 0.15) is 50.5 Å². The fourth-order valence-electron chi connectivity index (χ4n) is 4.04. The van der Waals surface area contributed by atoms with E-state index in [4.69, 9.17) is 11.6 Å². The lowest BCUT2D eigenvalue weighted by Crippen LogP contribution is -2.45. The minimum Gasteiger partial charge on any atom is -0.326 e. The molecule has 0 bridgehead atoms. The van der Waals surface area contributed by atoms with Gasteiger partial charge in [-0.1, -0.05) is 55.8 Å². The summed E-state index contributed by atoms with van der Waals surface area (Å²) >= 11 is 7.62. The molecule has 1 aliphatic carbocycles. The third-order valence-corrected chi connectivity index (χ3v) is 6.51. The van der Waals surface area contributed by atoms with Crippen molar-refractivity contribution in [2.24, 2.45) is 5.92 Å². The van der Waals surface area contributed by atoms with Crippen molar-refractivity contribution >= 4 is 49.9 Å². The fourth-order valence-corrected chi connectivity index (χ4v) is 4.70. The van der Waals surface area contributed by atoms with Crippen LogP contribution in [0.25, 0.3) is 0 Å². The lowest BCUT2D eigenvalue weighted by Gasteiger charge is -2.28. The van der Waals surface area contributed by atoms with Crippen LogP contribution in [-0.2, 0) is 16.0 Å². The molecule has 1 heterocycles. The number of halogens is 2. The molecule has 0 aromatic heterocycles. The Hall–Kier alpha value is -1.15. The van der Waals surface area contributed by atoms with Gasteiger partial charge < -0.3 is 5.32 Å². The zero-order valence-electron chi connectivity index (χ0n) is 15.1. The first-order valence-electron chi connectivity index (χ1n) is 9.53. The molecule has 1 aromatic rings. The standard InChI is InChI=1S/C20H24ClIN2O3/c21-15-9-6-13(7-10-15)8-11-16-19(26)24(20(27)23-16)17(18(22)25)12-14-4-2-1-3-5-14/h6-7,9-10,14,16-17H,1-5,8,11-12H2,(H,23,27)/t16-,17?/m0/s1. The zero-order valence-corrected chi connectivity index (χ0v) is 18.0. The number of carbonyl (C=O) groups is 3. The highest BCUT2D eigenvalue weighted by atomic mass is 127. The molecule has 2 aliphatic rings. The number of imide groups is 1. The maximum absolute atomic E-state index is 12.8. The Bertz CT molecular complexity index is 704. The van der Waals surface area contributed by atoms with Crippen molar-refractivity contribution in [1.82, 2.24) is 10.2 Å². The molecule has 3 amide bonds. The molecule has 2 atom stereocenters. The molecule has 2 fully saturated rings. The first-order chi connectivity index (χ1) is 13.0. The fraction of sp³-hybridized carbons (Fsp3) is 0.550. The van der Waals surface area contributed by atoms with Crippen molar-refractivity contribution in [2.75, 3.05) is 0 Å². The monoisotopic (exact) mass is 502 g/mol. The summed E-state index contributed by atoms with van der Waals surface area (Å²) in [5.41, 5.74) is 1.06. The molecule has 1 aromatic carbocycles. The summed E-state index contributed by atoms with van der Waals surface area (Å²) in [5, 5.41) is 3.43. The number of nitrogens with zero attached hydrogens (tertiary/aromatic N) is 1. The van der Waals surface area contributed by atoms with E-state index in [1.165, 1.54) is 11.3 Å². The third kappa shape index (κ3) is 5.22. The molecule has 27 heavy (non-hydrogen) atoms. The molecule has 3 rings (SSSR count). The van der Waals surface area contributed by atoms with Gasteiger partial charge in [-0.05, 0) is 42.9 Å². The normalized spacial score (nSPS) is 22.0. The molecule has 1 aliphatic heterocycles. The largest absolute Gasteiger partial charge is 0.326 e. The lowest BCUT2D eigenvalue weighted by molar-refractivity contribution is -0.132. The predicted octanol–water partition coefficient (Wildman–Crippen LogP) is 4.49. The molecule has 1 N–H and O–H groups in total. The zero-order chi connectivity index (χ0) is 19.4. The Morgan fingerprint density at radius 3 is 2.48 bits per heavy atom. The van der Waals surface area contributed by atoms with Crippen LogP contribution in [0, 0.1) is 5.92 Å². The van der Waals surface area contributed by atoms with Gasteiger partial charge in [0.2, 0.25) is 3.79 Å². The van der Waals surface area contributed by atoms with Gasteiger partial charge in [0.1, 0.15) is 12.1 Å². The van der Waals surface area contributed by atoms with Crippen molar-refractivity contribution < 1.29 is 14.4 Å². The van der Waals surface area contributed by atoms with Gasteiger partial charge in [0.25, 0.3) is 5.91 Å². The van der Waals surface area contributed by atoms with Crippen molar-refractivity contribution in [3.8, 4) is 0 Å². The predicted molar refractivity (Wildman–Crippen MR) is 113 cm³/mol. The number of carbonyl (C=O) groups excluding carboxylic acids is 3. The van der Waals surface area contributed by atoms with Gasteiger partial charge in [0.15, 0.2) is 0 Å². The topological polar surface area (TPSA) is 66.5 Å². The van der Waals surface area contributed by atoms with Crippen LogP contribution in [0.5, 0.6) is 0 Å². The van der Waals surface area contributed by atoms with E-state index in [-0.39, 0.29) is 9.70 Å². The molecule has 146 valence electrons. The van der Waals surface area contributed by atoms with Crippen molar-refractivity contribution in [3.63, 3.8) is 0 Å². The SMILES string of the molecule is O=C(I)C(CC1CCCCC1)N1C(=O)N[C@@H](CCc2ccc(Cl)cc2)C1=O. The van der Waals surface area contributed by atoms with Gasteiger partial charge >= 0.3 is 6.03 Å². The van der Waals surface area contributed by atoms with E-state index >= 15 is 0 Å². The van der Waals surface area contributed by atoms with Crippen LogP contribution in [0.3, 0.4) is 0 Å². The second kappa shape index (κ2) is 9.37. The number of amides is 3. The number of nitrogens with one attached hydrogen (secondary N) is 1. The smallest absolute Gasteiger partial charge is 0.325 e. The summed E-state index contributed by atoms with van der Waals surface area (Å²) in [5.74, 6) is 0.135. The second-order valence-corrected chi connectivity index (χ2v) is 8.93. The Morgan fingerprint density at radius 2 is 1.85 bits per heavy atom. The average Bonchev–Trinajstić information content (AvgIpc) is 2.93. The van der Waals surface area contributed by atoms with Gasteiger partial charge in [0.05, 0.1) is 0 Å². The van der Waals surface area contributed by atoms with Gasteiger partial charge in [-0.2, -0.15) is 0 Å². The average molecular weight is 503 g/mol. The van der Waals surface area contributed by atoms with Crippen LogP contribution >= 0.6 is 34.2 Å². The van der Waals surface area contributed by atoms with E-state index in [0.717, 1.165) is 31.2 Å². The molecule has 7 heteroatoms. The molecule has 0 radical (unpaired) electrons. The van der Waals surface area contributed by atoms with E-state index in [1.807, 2.05) is 24.3 Å². The van der Waals surface area contributed by atoms with Crippen molar-refractivity contribution in [3.05, 3.63) is 34.9 Å². The number of rotatable bonds is 7. The maximum atomic E-state index is 12.8. The highest BCUT2D eigenvalue weighted by molar-refractivity contribution is 14.1. The maximum Gasteiger partial charge on any atom is 0.325 e. The highest BCUT2D eigenvalue weighted by Crippen LogP contribution is 2.31. The van der Waals surface area contributed by atoms with E-state index < -0.39 is 18.1 Å². The van der Waals surface area contributed by atoms with E-state index in [2.05, 4.69) is 5.32 Å². The van der Waals surface area contributed by atoms with E-state index in [9.17, 15) is 14.4 Å². The Balaban J connectivity index is 1.63. The van der Waals surface area contributed by atoms with Crippen LogP contribution in [0.4, 0.5) is 4.79 Å². The Morgan fingerprint density at radius 1 is 1.19 bits per heavy atom. The summed E-state index contributed by atoms with van der Waals surface area (Å²) in [6, 6.07) is 5.80. The Labute approximate surface area is 178 Å². The minimum absolute atomic E-state index is 0.139. The summed E-state index contributed by atoms with van der Waals surface area (Å²) in [4.78, 5) is 38.7. The first-order valence-corrected chi connectivity index (χ1v) is 11.0.